The molecule has 26 heavy (non-hydrogen) atoms. The first-order chi connectivity index (χ1) is 12.5. The zero-order valence-electron chi connectivity index (χ0n) is 14.4. The average molecular weight is 395 g/mol. The predicted molar refractivity (Wildman–Crippen MR) is 102 cm³/mol. The van der Waals surface area contributed by atoms with E-state index in [-0.39, 0.29) is 18.1 Å². The Bertz CT molecular complexity index is 828. The van der Waals surface area contributed by atoms with Crippen molar-refractivity contribution in [1.29, 1.82) is 0 Å². The Morgan fingerprint density at radius 3 is 2.58 bits per heavy atom. The second-order valence-electron chi connectivity index (χ2n) is 5.99. The molecule has 2 heterocycles. The van der Waals surface area contributed by atoms with Crippen molar-refractivity contribution in [1.82, 2.24) is 9.62 Å². The Morgan fingerprint density at radius 1 is 1.12 bits per heavy atom. The SMILES string of the molecule is O=C(CCS(=O)(=O)N1CCOCC1)NCc1ccc(-c2ccccc2)s1. The summed E-state index contributed by atoms with van der Waals surface area (Å²) in [5, 5.41) is 2.80. The molecular formula is C18H22N2O4S2. The van der Waals surface area contributed by atoms with E-state index in [1.165, 1.54) is 4.31 Å². The van der Waals surface area contributed by atoms with Crippen LogP contribution in [0, 0.1) is 0 Å². The maximum absolute atomic E-state index is 12.2. The number of amides is 1. The first-order valence-electron chi connectivity index (χ1n) is 8.51. The Kier molecular flexibility index (Phi) is 6.42. The van der Waals surface area contributed by atoms with E-state index in [9.17, 15) is 13.2 Å². The summed E-state index contributed by atoms with van der Waals surface area (Å²) in [5.74, 6) is -0.421. The molecule has 0 radical (unpaired) electrons. The molecule has 8 heteroatoms. The summed E-state index contributed by atoms with van der Waals surface area (Å²) in [4.78, 5) is 14.2. The average Bonchev–Trinajstić information content (AvgIpc) is 3.15. The van der Waals surface area contributed by atoms with Crippen LogP contribution in [0.4, 0.5) is 0 Å². The number of ether oxygens (including phenoxy) is 1. The molecule has 0 atom stereocenters. The van der Waals surface area contributed by atoms with Crippen LogP contribution in [-0.2, 0) is 26.1 Å². The van der Waals surface area contributed by atoms with Crippen LogP contribution in [0.15, 0.2) is 42.5 Å². The van der Waals surface area contributed by atoms with Crippen LogP contribution in [0.2, 0.25) is 0 Å². The third-order valence-corrected chi connectivity index (χ3v) is 7.14. The maximum atomic E-state index is 12.2. The third kappa shape index (κ3) is 5.14. The molecule has 1 N–H and O–H groups in total. The number of hydrogen-bond donors (Lipinski definition) is 1. The summed E-state index contributed by atoms with van der Waals surface area (Å²) in [6.07, 6.45) is -0.0311. The molecule has 0 aliphatic carbocycles. The van der Waals surface area contributed by atoms with Gasteiger partial charge in [-0.15, -0.1) is 11.3 Å². The van der Waals surface area contributed by atoms with E-state index in [1.54, 1.807) is 11.3 Å². The van der Waals surface area contributed by atoms with E-state index in [4.69, 9.17) is 4.74 Å². The molecule has 1 aliphatic heterocycles. The largest absolute Gasteiger partial charge is 0.379 e. The minimum atomic E-state index is -3.40. The normalized spacial score (nSPS) is 15.7. The minimum absolute atomic E-state index is 0.0311. The van der Waals surface area contributed by atoms with Crippen LogP contribution in [0.1, 0.15) is 11.3 Å². The van der Waals surface area contributed by atoms with Crippen molar-refractivity contribution >= 4 is 27.3 Å². The van der Waals surface area contributed by atoms with Gasteiger partial charge in [0.2, 0.25) is 15.9 Å². The summed E-state index contributed by atoms with van der Waals surface area (Å²) in [7, 11) is -3.40. The number of carbonyl (C=O) groups excluding carboxylic acids is 1. The van der Waals surface area contributed by atoms with Crippen molar-refractivity contribution in [2.24, 2.45) is 0 Å². The molecule has 0 spiro atoms. The highest BCUT2D eigenvalue weighted by atomic mass is 32.2. The molecule has 1 aliphatic rings. The van der Waals surface area contributed by atoms with Gasteiger partial charge in [-0.3, -0.25) is 4.79 Å². The van der Waals surface area contributed by atoms with Crippen LogP contribution < -0.4 is 5.32 Å². The highest BCUT2D eigenvalue weighted by Gasteiger charge is 2.24. The van der Waals surface area contributed by atoms with Gasteiger partial charge in [0.25, 0.3) is 0 Å². The molecule has 3 rings (SSSR count). The maximum Gasteiger partial charge on any atom is 0.221 e. The van der Waals surface area contributed by atoms with E-state index in [1.807, 2.05) is 42.5 Å². The molecule has 1 amide bonds. The number of hydrogen-bond acceptors (Lipinski definition) is 5. The fraction of sp³-hybridized carbons (Fsp3) is 0.389. The minimum Gasteiger partial charge on any atom is -0.379 e. The summed E-state index contributed by atoms with van der Waals surface area (Å²) >= 11 is 1.62. The van der Waals surface area contributed by atoms with Crippen LogP contribution in [0.25, 0.3) is 10.4 Å². The number of benzene rings is 1. The fourth-order valence-electron chi connectivity index (χ4n) is 2.68. The molecule has 1 saturated heterocycles. The second kappa shape index (κ2) is 8.77. The quantitative estimate of drug-likeness (QED) is 0.780. The Morgan fingerprint density at radius 2 is 1.85 bits per heavy atom. The van der Waals surface area contributed by atoms with Crippen LogP contribution >= 0.6 is 11.3 Å². The molecular weight excluding hydrogens is 372 g/mol. The number of sulfonamides is 1. The fourth-order valence-corrected chi connectivity index (χ4v) is 5.04. The Hall–Kier alpha value is -1.74. The van der Waals surface area contributed by atoms with E-state index in [0.29, 0.717) is 32.8 Å². The Balaban J connectivity index is 1.46. The molecule has 1 aromatic carbocycles. The molecule has 0 saturated carbocycles. The molecule has 1 fully saturated rings. The van der Waals surface area contributed by atoms with Crippen molar-refractivity contribution in [2.45, 2.75) is 13.0 Å². The van der Waals surface area contributed by atoms with Gasteiger partial charge >= 0.3 is 0 Å². The lowest BCUT2D eigenvalue weighted by Crippen LogP contribution is -2.42. The number of morpholine rings is 1. The summed E-state index contributed by atoms with van der Waals surface area (Å²) in [6, 6.07) is 14.1. The van der Waals surface area contributed by atoms with Crippen molar-refractivity contribution < 1.29 is 17.9 Å². The second-order valence-corrected chi connectivity index (χ2v) is 9.24. The van der Waals surface area contributed by atoms with Crippen molar-refractivity contribution in [3.05, 3.63) is 47.3 Å². The summed E-state index contributed by atoms with van der Waals surface area (Å²) < 4.78 is 31.0. The Labute approximate surface area is 157 Å². The predicted octanol–water partition coefficient (Wildman–Crippen LogP) is 2.08. The lowest BCUT2D eigenvalue weighted by molar-refractivity contribution is -0.120. The van der Waals surface area contributed by atoms with Gasteiger partial charge in [0.1, 0.15) is 0 Å². The summed E-state index contributed by atoms with van der Waals surface area (Å²) in [6.45, 7) is 1.96. The highest BCUT2D eigenvalue weighted by molar-refractivity contribution is 7.89. The molecule has 140 valence electrons. The van der Waals surface area contributed by atoms with Crippen molar-refractivity contribution in [3.8, 4) is 10.4 Å². The standard InChI is InChI=1S/C18H22N2O4S2/c21-18(8-13-26(22,23)20-9-11-24-12-10-20)19-14-16-6-7-17(25-16)15-4-2-1-3-5-15/h1-7H,8-14H2,(H,19,21). The molecule has 6 nitrogen and oxygen atoms in total. The van der Waals surface area contributed by atoms with E-state index in [2.05, 4.69) is 5.32 Å². The van der Waals surface area contributed by atoms with E-state index >= 15 is 0 Å². The van der Waals surface area contributed by atoms with Crippen molar-refractivity contribution in [3.63, 3.8) is 0 Å². The number of nitrogens with one attached hydrogen (secondary N) is 1. The molecule has 1 aromatic heterocycles. The smallest absolute Gasteiger partial charge is 0.221 e. The van der Waals surface area contributed by atoms with Gasteiger partial charge in [-0.2, -0.15) is 4.31 Å². The van der Waals surface area contributed by atoms with Gasteiger partial charge < -0.3 is 10.1 Å². The van der Waals surface area contributed by atoms with Gasteiger partial charge in [-0.1, -0.05) is 30.3 Å². The topological polar surface area (TPSA) is 75.7 Å². The van der Waals surface area contributed by atoms with Crippen LogP contribution in [0.3, 0.4) is 0 Å². The van der Waals surface area contributed by atoms with Crippen LogP contribution in [-0.4, -0.2) is 50.7 Å². The van der Waals surface area contributed by atoms with Gasteiger partial charge in [0, 0.05) is 29.3 Å². The lowest BCUT2D eigenvalue weighted by atomic mass is 10.2. The first kappa shape index (κ1) is 19.0. The molecule has 0 unspecified atom stereocenters. The zero-order valence-corrected chi connectivity index (χ0v) is 16.0. The summed E-state index contributed by atoms with van der Waals surface area (Å²) in [5.41, 5.74) is 1.15. The number of carbonyl (C=O) groups is 1. The number of nitrogens with zero attached hydrogens (tertiary/aromatic N) is 1. The number of thiophene rings is 1. The highest BCUT2D eigenvalue weighted by Crippen LogP contribution is 2.27. The first-order valence-corrected chi connectivity index (χ1v) is 10.9. The van der Waals surface area contributed by atoms with Gasteiger partial charge in [0.05, 0.1) is 25.5 Å². The van der Waals surface area contributed by atoms with E-state index in [0.717, 1.165) is 15.3 Å². The van der Waals surface area contributed by atoms with Crippen LogP contribution in [0.5, 0.6) is 0 Å². The van der Waals surface area contributed by atoms with Gasteiger partial charge in [-0.05, 0) is 17.7 Å². The van der Waals surface area contributed by atoms with Gasteiger partial charge in [0.15, 0.2) is 0 Å². The third-order valence-electron chi connectivity index (χ3n) is 4.13. The lowest BCUT2D eigenvalue weighted by Gasteiger charge is -2.25. The van der Waals surface area contributed by atoms with E-state index < -0.39 is 10.0 Å². The molecule has 2 aromatic rings. The number of rotatable bonds is 7. The monoisotopic (exact) mass is 394 g/mol. The van der Waals surface area contributed by atoms with Crippen molar-refractivity contribution in [2.75, 3.05) is 32.1 Å². The van der Waals surface area contributed by atoms with Gasteiger partial charge in [-0.25, -0.2) is 8.42 Å². The molecule has 0 bridgehead atoms. The zero-order chi connectivity index (χ0) is 18.4.